The first kappa shape index (κ1) is 18.0. The largest absolute Gasteiger partial charge is 0.492 e. The Morgan fingerprint density at radius 3 is 2.69 bits per heavy atom. The van der Waals surface area contributed by atoms with E-state index in [1.807, 2.05) is 33.8 Å². The van der Waals surface area contributed by atoms with Gasteiger partial charge < -0.3 is 10.1 Å². The van der Waals surface area contributed by atoms with Crippen LogP contribution >= 0.6 is 0 Å². The van der Waals surface area contributed by atoms with Crippen molar-refractivity contribution < 1.29 is 9.53 Å². The number of nitrogens with one attached hydrogen (secondary N) is 1. The zero-order chi connectivity index (χ0) is 18.9. The Morgan fingerprint density at radius 1 is 1.38 bits per heavy atom. The number of benzene rings is 1. The molecule has 1 aromatic heterocycles. The summed E-state index contributed by atoms with van der Waals surface area (Å²) in [6.45, 7) is 8.42. The van der Waals surface area contributed by atoms with Gasteiger partial charge >= 0.3 is 0 Å². The molecule has 0 bridgehead atoms. The second kappa shape index (κ2) is 6.83. The van der Waals surface area contributed by atoms with Gasteiger partial charge in [-0.05, 0) is 64.8 Å². The van der Waals surface area contributed by atoms with Gasteiger partial charge in [0.1, 0.15) is 11.4 Å². The van der Waals surface area contributed by atoms with Crippen LogP contribution in [0.2, 0.25) is 0 Å². The second-order valence-corrected chi connectivity index (χ2v) is 7.52. The first-order valence-electron chi connectivity index (χ1n) is 8.92. The highest BCUT2D eigenvalue weighted by molar-refractivity contribution is 6.04. The van der Waals surface area contributed by atoms with E-state index in [-0.39, 0.29) is 11.4 Å². The van der Waals surface area contributed by atoms with E-state index in [9.17, 15) is 4.79 Å². The third-order valence-corrected chi connectivity index (χ3v) is 4.25. The van der Waals surface area contributed by atoms with Gasteiger partial charge in [-0.2, -0.15) is 10.4 Å². The molecule has 2 aromatic rings. The van der Waals surface area contributed by atoms with Crippen molar-refractivity contribution in [2.45, 2.75) is 52.0 Å². The average molecular weight is 352 g/mol. The molecule has 1 heterocycles. The highest BCUT2D eigenvalue weighted by atomic mass is 16.5. The van der Waals surface area contributed by atoms with Crippen molar-refractivity contribution in [2.24, 2.45) is 0 Å². The number of amides is 1. The van der Waals surface area contributed by atoms with E-state index in [4.69, 9.17) is 10.00 Å². The fourth-order valence-corrected chi connectivity index (χ4v) is 2.82. The van der Waals surface area contributed by atoms with Crippen molar-refractivity contribution >= 4 is 11.6 Å². The van der Waals surface area contributed by atoms with E-state index in [0.717, 1.165) is 18.5 Å². The standard InChI is InChI=1S/C20H24N4O2/c1-5-26-18-9-6-13(12-21)10-16(18)22-19(25)17-11-15(14-7-8-14)23-24(17)20(2,3)4/h6,9-11,14H,5,7-8H2,1-4H3,(H,22,25). The van der Waals surface area contributed by atoms with Crippen molar-refractivity contribution in [1.82, 2.24) is 9.78 Å². The monoisotopic (exact) mass is 352 g/mol. The maximum absolute atomic E-state index is 13.0. The van der Waals surface area contributed by atoms with Crippen LogP contribution in [0, 0.1) is 11.3 Å². The molecule has 0 saturated heterocycles. The summed E-state index contributed by atoms with van der Waals surface area (Å²) in [5, 5.41) is 16.7. The molecule has 26 heavy (non-hydrogen) atoms. The number of rotatable bonds is 5. The molecular formula is C20H24N4O2. The van der Waals surface area contributed by atoms with Gasteiger partial charge in [0, 0.05) is 5.92 Å². The number of nitriles is 1. The van der Waals surface area contributed by atoms with Crippen LogP contribution in [0.5, 0.6) is 5.75 Å². The third-order valence-electron chi connectivity index (χ3n) is 4.25. The highest BCUT2D eigenvalue weighted by Crippen LogP contribution is 2.40. The molecule has 1 aliphatic rings. The minimum atomic E-state index is -0.308. The molecule has 0 atom stereocenters. The lowest BCUT2D eigenvalue weighted by atomic mass is 10.1. The van der Waals surface area contributed by atoms with Gasteiger partial charge in [0.15, 0.2) is 0 Å². The van der Waals surface area contributed by atoms with E-state index >= 15 is 0 Å². The van der Waals surface area contributed by atoms with Gasteiger partial charge in [-0.25, -0.2) is 0 Å². The topological polar surface area (TPSA) is 79.9 Å². The number of hydrogen-bond acceptors (Lipinski definition) is 4. The minimum Gasteiger partial charge on any atom is -0.492 e. The number of carbonyl (C=O) groups excluding carboxylic acids is 1. The molecule has 1 fully saturated rings. The zero-order valence-electron chi connectivity index (χ0n) is 15.7. The Bertz CT molecular complexity index is 867. The summed E-state index contributed by atoms with van der Waals surface area (Å²) < 4.78 is 7.36. The number of hydrogen-bond donors (Lipinski definition) is 1. The Balaban J connectivity index is 1.94. The van der Waals surface area contributed by atoms with Crippen molar-refractivity contribution in [3.63, 3.8) is 0 Å². The molecule has 1 aromatic carbocycles. The van der Waals surface area contributed by atoms with Crippen LogP contribution in [0.4, 0.5) is 5.69 Å². The molecule has 3 rings (SSSR count). The zero-order valence-corrected chi connectivity index (χ0v) is 15.7. The smallest absolute Gasteiger partial charge is 0.274 e. The van der Waals surface area contributed by atoms with Gasteiger partial charge in [0.2, 0.25) is 0 Å². The van der Waals surface area contributed by atoms with Crippen LogP contribution in [0.3, 0.4) is 0 Å². The summed E-state index contributed by atoms with van der Waals surface area (Å²) in [4.78, 5) is 13.0. The van der Waals surface area contributed by atoms with Crippen LogP contribution in [-0.4, -0.2) is 22.3 Å². The fourth-order valence-electron chi connectivity index (χ4n) is 2.82. The summed E-state index contributed by atoms with van der Waals surface area (Å²) in [6.07, 6.45) is 2.25. The molecular weight excluding hydrogens is 328 g/mol. The Morgan fingerprint density at radius 2 is 2.12 bits per heavy atom. The number of carbonyl (C=O) groups is 1. The molecule has 136 valence electrons. The first-order chi connectivity index (χ1) is 12.3. The summed E-state index contributed by atoms with van der Waals surface area (Å²) in [5.41, 5.74) is 2.14. The van der Waals surface area contributed by atoms with Crippen LogP contribution in [0.25, 0.3) is 0 Å². The number of ether oxygens (including phenoxy) is 1. The molecule has 0 aliphatic heterocycles. The summed E-state index contributed by atoms with van der Waals surface area (Å²) in [6, 6.07) is 8.97. The summed E-state index contributed by atoms with van der Waals surface area (Å²) >= 11 is 0. The molecule has 1 saturated carbocycles. The lowest BCUT2D eigenvalue weighted by Gasteiger charge is -2.22. The predicted molar refractivity (Wildman–Crippen MR) is 99.5 cm³/mol. The maximum Gasteiger partial charge on any atom is 0.274 e. The van der Waals surface area contributed by atoms with E-state index < -0.39 is 0 Å². The molecule has 1 N–H and O–H groups in total. The Kier molecular flexibility index (Phi) is 4.73. The van der Waals surface area contributed by atoms with Gasteiger partial charge in [-0.3, -0.25) is 9.48 Å². The molecule has 1 aliphatic carbocycles. The molecule has 6 heteroatoms. The van der Waals surface area contributed by atoms with E-state index in [1.165, 1.54) is 0 Å². The van der Waals surface area contributed by atoms with Gasteiger partial charge in [0.25, 0.3) is 5.91 Å². The molecule has 0 spiro atoms. The lowest BCUT2D eigenvalue weighted by molar-refractivity contribution is 0.100. The summed E-state index contributed by atoms with van der Waals surface area (Å²) in [7, 11) is 0. The third kappa shape index (κ3) is 3.72. The Hall–Kier alpha value is -2.81. The predicted octanol–water partition coefficient (Wildman–Crippen LogP) is 4.04. The van der Waals surface area contributed by atoms with Crippen LogP contribution in [0.15, 0.2) is 24.3 Å². The van der Waals surface area contributed by atoms with Crippen LogP contribution in [0.1, 0.15) is 68.2 Å². The Labute approximate surface area is 153 Å². The normalized spacial score (nSPS) is 14.0. The second-order valence-electron chi connectivity index (χ2n) is 7.52. The number of nitrogens with zero attached hydrogens (tertiary/aromatic N) is 3. The van der Waals surface area contributed by atoms with E-state index in [0.29, 0.717) is 35.2 Å². The SMILES string of the molecule is CCOc1ccc(C#N)cc1NC(=O)c1cc(C2CC2)nn1C(C)(C)C. The average Bonchev–Trinajstić information content (AvgIpc) is 3.33. The van der Waals surface area contributed by atoms with E-state index in [2.05, 4.69) is 16.5 Å². The maximum atomic E-state index is 13.0. The first-order valence-corrected chi connectivity index (χ1v) is 8.92. The van der Waals surface area contributed by atoms with Crippen molar-refractivity contribution in [2.75, 3.05) is 11.9 Å². The van der Waals surface area contributed by atoms with Crippen molar-refractivity contribution in [1.29, 1.82) is 5.26 Å². The van der Waals surface area contributed by atoms with Crippen molar-refractivity contribution in [3.05, 3.63) is 41.2 Å². The van der Waals surface area contributed by atoms with Gasteiger partial charge in [-0.15, -0.1) is 0 Å². The van der Waals surface area contributed by atoms with E-state index in [1.54, 1.807) is 22.9 Å². The quantitative estimate of drug-likeness (QED) is 0.881. The number of anilines is 1. The molecule has 1 amide bonds. The molecule has 6 nitrogen and oxygen atoms in total. The minimum absolute atomic E-state index is 0.254. The highest BCUT2D eigenvalue weighted by Gasteiger charge is 2.31. The van der Waals surface area contributed by atoms with Crippen molar-refractivity contribution in [3.8, 4) is 11.8 Å². The lowest BCUT2D eigenvalue weighted by Crippen LogP contribution is -2.29. The van der Waals surface area contributed by atoms with Gasteiger partial charge in [-0.1, -0.05) is 0 Å². The fraction of sp³-hybridized carbons (Fsp3) is 0.450. The summed E-state index contributed by atoms with van der Waals surface area (Å²) in [5.74, 6) is 0.755. The van der Waals surface area contributed by atoms with Crippen LogP contribution in [-0.2, 0) is 5.54 Å². The van der Waals surface area contributed by atoms with Crippen LogP contribution < -0.4 is 10.1 Å². The molecule has 0 radical (unpaired) electrons. The van der Waals surface area contributed by atoms with Gasteiger partial charge in [0.05, 0.1) is 35.2 Å². The number of aromatic nitrogens is 2. The molecule has 0 unspecified atom stereocenters.